The number of aromatic nitrogens is 1. The van der Waals surface area contributed by atoms with E-state index in [2.05, 4.69) is 15.6 Å². The molecule has 5 nitrogen and oxygen atoms in total. The second-order valence-electron chi connectivity index (χ2n) is 4.83. The van der Waals surface area contributed by atoms with Gasteiger partial charge in [0.1, 0.15) is 5.92 Å². The molecular formula is C14H11F2N3O2S. The van der Waals surface area contributed by atoms with Gasteiger partial charge in [-0.3, -0.25) is 9.59 Å². The predicted octanol–water partition coefficient (Wildman–Crippen LogP) is 1.89. The highest BCUT2D eigenvalue weighted by atomic mass is 32.1. The number of anilines is 1. The first kappa shape index (κ1) is 14.6. The fourth-order valence-electron chi connectivity index (χ4n) is 2.41. The summed E-state index contributed by atoms with van der Waals surface area (Å²) in [6.45, 7) is 0.284. The van der Waals surface area contributed by atoms with Crippen LogP contribution in [0.4, 0.5) is 14.5 Å². The molecule has 2 N–H and O–H groups in total. The lowest BCUT2D eigenvalue weighted by Crippen LogP contribution is -2.32. The molecule has 0 spiro atoms. The maximum atomic E-state index is 13.6. The summed E-state index contributed by atoms with van der Waals surface area (Å²) in [5.74, 6) is -4.80. The molecule has 1 saturated heterocycles. The molecule has 1 aliphatic rings. The van der Waals surface area contributed by atoms with Crippen molar-refractivity contribution in [2.75, 3.05) is 11.9 Å². The molecule has 1 aromatic carbocycles. The molecule has 0 aliphatic carbocycles. The van der Waals surface area contributed by atoms with Crippen LogP contribution in [0.1, 0.15) is 11.6 Å². The number of nitrogens with zero attached hydrogens (tertiary/aromatic N) is 1. The molecule has 2 aromatic rings. The Kier molecular flexibility index (Phi) is 3.84. The molecule has 1 aromatic heterocycles. The highest BCUT2D eigenvalue weighted by molar-refractivity contribution is 7.07. The van der Waals surface area contributed by atoms with Crippen molar-refractivity contribution in [1.82, 2.24) is 10.3 Å². The maximum Gasteiger partial charge on any atom is 0.237 e. The lowest BCUT2D eigenvalue weighted by molar-refractivity contribution is -0.130. The Balaban J connectivity index is 1.84. The normalized spacial score (nSPS) is 20.7. The number of hydrogen-bond donors (Lipinski definition) is 2. The van der Waals surface area contributed by atoms with Crippen molar-refractivity contribution in [2.24, 2.45) is 5.92 Å². The number of halogens is 2. The summed E-state index contributed by atoms with van der Waals surface area (Å²) in [5, 5.41) is 6.63. The van der Waals surface area contributed by atoms with Crippen LogP contribution < -0.4 is 10.6 Å². The Morgan fingerprint density at radius 1 is 1.41 bits per heavy atom. The lowest BCUT2D eigenvalue weighted by atomic mass is 9.92. The third kappa shape index (κ3) is 2.57. The number of amides is 2. The molecule has 22 heavy (non-hydrogen) atoms. The number of rotatable bonds is 3. The first-order valence-corrected chi connectivity index (χ1v) is 7.43. The van der Waals surface area contributed by atoms with Crippen molar-refractivity contribution in [1.29, 1.82) is 0 Å². The van der Waals surface area contributed by atoms with E-state index in [-0.39, 0.29) is 12.2 Å². The van der Waals surface area contributed by atoms with Gasteiger partial charge in [0.25, 0.3) is 0 Å². The maximum absolute atomic E-state index is 13.6. The van der Waals surface area contributed by atoms with Crippen molar-refractivity contribution in [3.05, 3.63) is 46.4 Å². The van der Waals surface area contributed by atoms with Crippen molar-refractivity contribution in [2.45, 2.75) is 5.92 Å². The van der Waals surface area contributed by atoms with Crippen LogP contribution in [0.15, 0.2) is 29.1 Å². The summed E-state index contributed by atoms with van der Waals surface area (Å²) in [6.07, 6.45) is 0. The second kappa shape index (κ2) is 5.80. The van der Waals surface area contributed by atoms with Crippen molar-refractivity contribution in [3.63, 3.8) is 0 Å². The number of carbonyl (C=O) groups is 2. The highest BCUT2D eigenvalue weighted by Gasteiger charge is 2.42. The standard InChI is InChI=1S/C14H11F2N3O2S/c15-8-2-1-3-9(12(8)16)19-14(21)11-7(4-17-13(11)20)10-5-22-6-18-10/h1-3,5-7,11H,4H2,(H,17,20)(H,19,21)/t7-,11-/m1/s1. The van der Waals surface area contributed by atoms with E-state index in [1.165, 1.54) is 23.5 Å². The molecule has 114 valence electrons. The molecule has 0 bridgehead atoms. The van der Waals surface area contributed by atoms with Crippen molar-refractivity contribution < 1.29 is 18.4 Å². The minimum Gasteiger partial charge on any atom is -0.355 e. The van der Waals surface area contributed by atoms with Gasteiger partial charge in [-0.05, 0) is 12.1 Å². The summed E-state index contributed by atoms with van der Waals surface area (Å²) in [5.41, 5.74) is 1.95. The van der Waals surface area contributed by atoms with Gasteiger partial charge in [-0.15, -0.1) is 11.3 Å². The van der Waals surface area contributed by atoms with Gasteiger partial charge in [-0.2, -0.15) is 0 Å². The van der Waals surface area contributed by atoms with E-state index in [9.17, 15) is 18.4 Å². The zero-order chi connectivity index (χ0) is 15.7. The molecule has 3 rings (SSSR count). The highest BCUT2D eigenvalue weighted by Crippen LogP contribution is 2.30. The van der Waals surface area contributed by atoms with E-state index in [0.717, 1.165) is 6.07 Å². The topological polar surface area (TPSA) is 71.1 Å². The van der Waals surface area contributed by atoms with Gasteiger partial charge >= 0.3 is 0 Å². The quantitative estimate of drug-likeness (QED) is 0.848. The van der Waals surface area contributed by atoms with Crippen LogP contribution >= 0.6 is 11.3 Å². The van der Waals surface area contributed by atoms with Gasteiger partial charge in [0.2, 0.25) is 11.8 Å². The molecule has 2 atom stereocenters. The molecule has 2 amide bonds. The minimum atomic E-state index is -1.15. The summed E-state index contributed by atoms with van der Waals surface area (Å²) in [6, 6.07) is 3.47. The number of nitrogens with one attached hydrogen (secondary N) is 2. The monoisotopic (exact) mass is 323 g/mol. The van der Waals surface area contributed by atoms with E-state index in [4.69, 9.17) is 0 Å². The third-order valence-electron chi connectivity index (χ3n) is 3.50. The molecule has 0 unspecified atom stereocenters. The van der Waals surface area contributed by atoms with E-state index in [0.29, 0.717) is 5.69 Å². The summed E-state index contributed by atoms with van der Waals surface area (Å²) < 4.78 is 26.8. The summed E-state index contributed by atoms with van der Waals surface area (Å²) >= 11 is 1.36. The van der Waals surface area contributed by atoms with Crippen LogP contribution in [0.25, 0.3) is 0 Å². The van der Waals surface area contributed by atoms with E-state index in [1.807, 2.05) is 0 Å². The molecule has 1 fully saturated rings. The summed E-state index contributed by atoms with van der Waals surface area (Å²) in [7, 11) is 0. The minimum absolute atomic E-state index is 0.284. The molecule has 0 radical (unpaired) electrons. The fraction of sp³-hybridized carbons (Fsp3) is 0.214. The predicted molar refractivity (Wildman–Crippen MR) is 76.3 cm³/mol. The van der Waals surface area contributed by atoms with Crippen LogP contribution in [0.3, 0.4) is 0 Å². The van der Waals surface area contributed by atoms with Crippen LogP contribution in [0, 0.1) is 17.6 Å². The molecule has 8 heteroatoms. The average Bonchev–Trinajstić information content (AvgIpc) is 3.12. The van der Waals surface area contributed by atoms with Gasteiger partial charge in [0, 0.05) is 17.8 Å². The molecule has 2 heterocycles. The van der Waals surface area contributed by atoms with Gasteiger partial charge < -0.3 is 10.6 Å². The first-order chi connectivity index (χ1) is 10.6. The fourth-order valence-corrected chi connectivity index (χ4v) is 3.03. The smallest absolute Gasteiger partial charge is 0.237 e. The number of thiazole rings is 1. The van der Waals surface area contributed by atoms with Gasteiger partial charge in [-0.25, -0.2) is 13.8 Å². The Hall–Kier alpha value is -2.35. The Bertz CT molecular complexity index is 721. The lowest BCUT2D eigenvalue weighted by Gasteiger charge is -2.15. The SMILES string of the molecule is O=C1NC[C@H](c2cscn2)[C@H]1C(=O)Nc1cccc(F)c1F. The number of benzene rings is 1. The summed E-state index contributed by atoms with van der Waals surface area (Å²) in [4.78, 5) is 28.3. The van der Waals surface area contributed by atoms with Crippen LogP contribution in [0.5, 0.6) is 0 Å². The average molecular weight is 323 g/mol. The number of carbonyl (C=O) groups excluding carboxylic acids is 2. The Morgan fingerprint density at radius 2 is 2.23 bits per heavy atom. The molecule has 0 saturated carbocycles. The van der Waals surface area contributed by atoms with Crippen LogP contribution in [-0.4, -0.2) is 23.3 Å². The van der Waals surface area contributed by atoms with Gasteiger partial charge in [-0.1, -0.05) is 6.07 Å². The number of hydrogen-bond acceptors (Lipinski definition) is 4. The zero-order valence-electron chi connectivity index (χ0n) is 11.2. The van der Waals surface area contributed by atoms with Crippen LogP contribution in [-0.2, 0) is 9.59 Å². The van der Waals surface area contributed by atoms with E-state index in [1.54, 1.807) is 10.9 Å². The van der Waals surface area contributed by atoms with Crippen molar-refractivity contribution >= 4 is 28.8 Å². The Morgan fingerprint density at radius 3 is 2.95 bits per heavy atom. The molecular weight excluding hydrogens is 312 g/mol. The van der Waals surface area contributed by atoms with E-state index < -0.39 is 35.3 Å². The van der Waals surface area contributed by atoms with Gasteiger partial charge in [0.15, 0.2) is 11.6 Å². The Labute approximate surface area is 128 Å². The van der Waals surface area contributed by atoms with Crippen LogP contribution in [0.2, 0.25) is 0 Å². The third-order valence-corrected chi connectivity index (χ3v) is 4.11. The van der Waals surface area contributed by atoms with E-state index >= 15 is 0 Å². The van der Waals surface area contributed by atoms with Gasteiger partial charge in [0.05, 0.1) is 16.9 Å². The van der Waals surface area contributed by atoms with Crippen molar-refractivity contribution in [3.8, 4) is 0 Å². The second-order valence-corrected chi connectivity index (χ2v) is 5.55. The largest absolute Gasteiger partial charge is 0.355 e. The zero-order valence-corrected chi connectivity index (χ0v) is 12.0. The molecule has 1 aliphatic heterocycles. The first-order valence-electron chi connectivity index (χ1n) is 6.48.